The number of anilines is 1. The van der Waals surface area contributed by atoms with E-state index in [2.05, 4.69) is 15.5 Å². The van der Waals surface area contributed by atoms with E-state index in [1.165, 1.54) is 0 Å². The lowest BCUT2D eigenvalue weighted by molar-refractivity contribution is -0.128. The van der Waals surface area contributed by atoms with Gasteiger partial charge in [0.05, 0.1) is 18.0 Å². The van der Waals surface area contributed by atoms with E-state index in [4.69, 9.17) is 9.47 Å². The highest BCUT2D eigenvalue weighted by atomic mass is 16.5. The van der Waals surface area contributed by atoms with Crippen molar-refractivity contribution in [3.05, 3.63) is 115 Å². The zero-order valence-electron chi connectivity index (χ0n) is 20.4. The van der Waals surface area contributed by atoms with Crippen LogP contribution in [0.2, 0.25) is 0 Å². The van der Waals surface area contributed by atoms with E-state index in [0.717, 1.165) is 34.8 Å². The second kappa shape index (κ2) is 11.8. The van der Waals surface area contributed by atoms with Gasteiger partial charge in [-0.3, -0.25) is 4.79 Å². The summed E-state index contributed by atoms with van der Waals surface area (Å²) in [6.45, 7) is 4.04. The van der Waals surface area contributed by atoms with Crippen molar-refractivity contribution in [1.29, 1.82) is 0 Å². The summed E-state index contributed by atoms with van der Waals surface area (Å²) >= 11 is 0. The quantitative estimate of drug-likeness (QED) is 0.239. The van der Waals surface area contributed by atoms with Crippen molar-refractivity contribution < 1.29 is 14.3 Å². The molecule has 0 spiro atoms. The first-order chi connectivity index (χ1) is 17.5. The molecule has 6 nitrogen and oxygen atoms in total. The molecular formula is C30H29N3O3. The highest BCUT2D eigenvalue weighted by Gasteiger charge is 2.30. The van der Waals surface area contributed by atoms with Gasteiger partial charge in [0.15, 0.2) is 5.60 Å². The molecule has 0 atom stereocenters. The second-order valence-electron chi connectivity index (χ2n) is 8.70. The molecule has 0 saturated heterocycles. The highest BCUT2D eigenvalue weighted by Crippen LogP contribution is 2.23. The van der Waals surface area contributed by atoms with Gasteiger partial charge in [-0.2, -0.15) is 10.2 Å². The number of hydrogen-bond donors (Lipinski definition) is 1. The van der Waals surface area contributed by atoms with Crippen LogP contribution in [0.4, 0.5) is 17.1 Å². The van der Waals surface area contributed by atoms with Crippen molar-refractivity contribution in [2.45, 2.75) is 25.9 Å². The van der Waals surface area contributed by atoms with Crippen LogP contribution in [0.25, 0.3) is 0 Å². The molecule has 0 bridgehead atoms. The van der Waals surface area contributed by atoms with Gasteiger partial charge < -0.3 is 14.8 Å². The molecule has 36 heavy (non-hydrogen) atoms. The number of nitrogens with one attached hydrogen (secondary N) is 1. The minimum absolute atomic E-state index is 0.210. The molecule has 0 fully saturated rings. The van der Waals surface area contributed by atoms with Crippen LogP contribution in [0, 0.1) is 0 Å². The number of amides is 1. The Hall–Kier alpha value is -4.45. The highest BCUT2D eigenvalue weighted by molar-refractivity contribution is 5.96. The lowest BCUT2D eigenvalue weighted by Crippen LogP contribution is -2.42. The summed E-state index contributed by atoms with van der Waals surface area (Å²) in [7, 11) is 0. The van der Waals surface area contributed by atoms with E-state index in [1.807, 2.05) is 109 Å². The molecule has 1 amide bonds. The first-order valence-corrected chi connectivity index (χ1v) is 11.8. The maximum absolute atomic E-state index is 12.6. The van der Waals surface area contributed by atoms with E-state index in [9.17, 15) is 4.79 Å². The summed E-state index contributed by atoms with van der Waals surface area (Å²) in [4.78, 5) is 12.6. The third-order valence-electron chi connectivity index (χ3n) is 5.41. The number of carbonyl (C=O) groups is 1. The van der Waals surface area contributed by atoms with Gasteiger partial charge in [-0.1, -0.05) is 48.5 Å². The number of rotatable bonds is 10. The molecule has 0 saturated carbocycles. The molecule has 0 aliphatic carbocycles. The topological polar surface area (TPSA) is 72.3 Å². The van der Waals surface area contributed by atoms with Gasteiger partial charge in [-0.15, -0.1) is 0 Å². The summed E-state index contributed by atoms with van der Waals surface area (Å²) < 4.78 is 11.8. The van der Waals surface area contributed by atoms with Gasteiger partial charge in [0.2, 0.25) is 0 Å². The van der Waals surface area contributed by atoms with Gasteiger partial charge in [0, 0.05) is 12.1 Å². The number of azo groups is 1. The summed E-state index contributed by atoms with van der Waals surface area (Å²) in [6.07, 6.45) is 0.744. The predicted octanol–water partition coefficient (Wildman–Crippen LogP) is 7.52. The molecule has 6 heteroatoms. The summed E-state index contributed by atoms with van der Waals surface area (Å²) in [5.41, 5.74) is 2.41. The van der Waals surface area contributed by atoms with E-state index >= 15 is 0 Å². The molecule has 0 aliphatic heterocycles. The van der Waals surface area contributed by atoms with Crippen molar-refractivity contribution >= 4 is 23.0 Å². The minimum atomic E-state index is -1.02. The van der Waals surface area contributed by atoms with Crippen molar-refractivity contribution in [3.8, 4) is 11.5 Å². The molecule has 182 valence electrons. The molecule has 1 N–H and O–H groups in total. The first kappa shape index (κ1) is 24.7. The number of nitrogens with zero attached hydrogens (tertiary/aromatic N) is 2. The van der Waals surface area contributed by atoms with Crippen molar-refractivity contribution in [2.24, 2.45) is 10.2 Å². The Kier molecular flexibility index (Phi) is 8.08. The van der Waals surface area contributed by atoms with Crippen molar-refractivity contribution in [2.75, 3.05) is 11.9 Å². The fourth-order valence-electron chi connectivity index (χ4n) is 3.37. The molecule has 0 heterocycles. The molecule has 0 radical (unpaired) electrons. The molecule has 0 aliphatic rings. The molecular weight excluding hydrogens is 450 g/mol. The Morgan fingerprint density at radius 3 is 1.92 bits per heavy atom. The number of benzene rings is 4. The van der Waals surface area contributed by atoms with Gasteiger partial charge in [-0.05, 0) is 80.1 Å². The Bertz CT molecular complexity index is 1270. The Balaban J connectivity index is 1.23. The lowest BCUT2D eigenvalue weighted by atomic mass is 10.1. The average molecular weight is 480 g/mol. The summed E-state index contributed by atoms with van der Waals surface area (Å²) in [5.74, 6) is 1.20. The van der Waals surface area contributed by atoms with Gasteiger partial charge in [0.25, 0.3) is 5.91 Å². The van der Waals surface area contributed by atoms with Crippen LogP contribution in [0.15, 0.2) is 119 Å². The third-order valence-corrected chi connectivity index (χ3v) is 5.41. The van der Waals surface area contributed by atoms with Crippen LogP contribution in [-0.4, -0.2) is 18.1 Å². The monoisotopic (exact) mass is 479 g/mol. The fourth-order valence-corrected chi connectivity index (χ4v) is 3.37. The van der Waals surface area contributed by atoms with E-state index < -0.39 is 5.60 Å². The lowest BCUT2D eigenvalue weighted by Gasteiger charge is -2.25. The largest absolute Gasteiger partial charge is 0.493 e. The number of ether oxygens (including phenoxy) is 2. The molecule has 0 unspecified atom stereocenters. The van der Waals surface area contributed by atoms with Crippen LogP contribution < -0.4 is 14.8 Å². The van der Waals surface area contributed by atoms with Crippen molar-refractivity contribution in [3.63, 3.8) is 0 Å². The Morgan fingerprint density at radius 2 is 1.28 bits per heavy atom. The van der Waals surface area contributed by atoms with Crippen molar-refractivity contribution in [1.82, 2.24) is 0 Å². The third kappa shape index (κ3) is 7.27. The summed E-state index contributed by atoms with van der Waals surface area (Å²) in [5, 5.41) is 11.3. The molecule has 0 aromatic heterocycles. The normalized spacial score (nSPS) is 11.3. The standard InChI is InChI=1S/C30H29N3O3/c1-30(2,29(34)31-24-9-5-3-6-10-24)36-28-17-13-23(14-18-28)21-22-35-27-19-15-26(16-20-27)33-32-25-11-7-4-8-12-25/h3-20H,21-22H2,1-2H3,(H,31,34). The van der Waals surface area contributed by atoms with E-state index in [1.54, 1.807) is 13.8 Å². The SMILES string of the molecule is CC(C)(Oc1ccc(CCOc2ccc(N=Nc3ccccc3)cc2)cc1)C(=O)Nc1ccccc1. The average Bonchev–Trinajstić information content (AvgIpc) is 2.90. The zero-order chi connectivity index (χ0) is 25.2. The van der Waals surface area contributed by atoms with Crippen LogP contribution in [0.5, 0.6) is 11.5 Å². The maximum atomic E-state index is 12.6. The van der Waals surface area contributed by atoms with Crippen LogP contribution in [-0.2, 0) is 11.2 Å². The van der Waals surface area contributed by atoms with Gasteiger partial charge in [-0.25, -0.2) is 0 Å². The maximum Gasteiger partial charge on any atom is 0.267 e. The van der Waals surface area contributed by atoms with E-state index in [0.29, 0.717) is 12.4 Å². The predicted molar refractivity (Wildman–Crippen MR) is 142 cm³/mol. The Morgan fingerprint density at radius 1 is 0.722 bits per heavy atom. The number of hydrogen-bond acceptors (Lipinski definition) is 5. The van der Waals surface area contributed by atoms with Gasteiger partial charge >= 0.3 is 0 Å². The Labute approximate surface area is 211 Å². The van der Waals surface area contributed by atoms with E-state index in [-0.39, 0.29) is 5.91 Å². The summed E-state index contributed by atoms with van der Waals surface area (Å²) in [6, 6.07) is 34.2. The molecule has 4 aromatic carbocycles. The van der Waals surface area contributed by atoms with Crippen LogP contribution in [0.1, 0.15) is 19.4 Å². The van der Waals surface area contributed by atoms with Crippen LogP contribution in [0.3, 0.4) is 0 Å². The van der Waals surface area contributed by atoms with Crippen LogP contribution >= 0.6 is 0 Å². The molecule has 4 aromatic rings. The zero-order valence-corrected chi connectivity index (χ0v) is 20.4. The smallest absolute Gasteiger partial charge is 0.267 e. The minimum Gasteiger partial charge on any atom is -0.493 e. The molecule has 4 rings (SSSR count). The fraction of sp³-hybridized carbons (Fsp3) is 0.167. The van der Waals surface area contributed by atoms with Gasteiger partial charge in [0.1, 0.15) is 11.5 Å². The number of para-hydroxylation sites is 1. The second-order valence-corrected chi connectivity index (χ2v) is 8.70. The first-order valence-electron chi connectivity index (χ1n) is 11.8. The number of carbonyl (C=O) groups excluding carboxylic acids is 1.